The molecule has 0 bridgehead atoms. The summed E-state index contributed by atoms with van der Waals surface area (Å²) in [5, 5.41) is 1.54. The Morgan fingerprint density at radius 3 is 2.64 bits per heavy atom. The Labute approximate surface area is 66.5 Å². The molecule has 1 atom stereocenters. The van der Waals surface area contributed by atoms with Crippen molar-refractivity contribution >= 4 is 5.91 Å². The van der Waals surface area contributed by atoms with Gasteiger partial charge in [0.1, 0.15) is 6.04 Å². The molecule has 0 aliphatic carbocycles. The lowest BCUT2D eigenvalue weighted by molar-refractivity contribution is -0.127. The van der Waals surface area contributed by atoms with Gasteiger partial charge in [0.05, 0.1) is 6.61 Å². The van der Waals surface area contributed by atoms with E-state index in [0.29, 0.717) is 0 Å². The first-order valence-corrected chi connectivity index (χ1v) is 3.30. The average molecular weight is 161 g/mol. The normalized spacial score (nSPS) is 13.2. The van der Waals surface area contributed by atoms with E-state index in [1.807, 2.05) is 0 Å². The van der Waals surface area contributed by atoms with Crippen LogP contribution in [0, 0.1) is 0 Å². The molecule has 0 fully saturated rings. The van der Waals surface area contributed by atoms with Crippen LogP contribution in [0.1, 0.15) is 0 Å². The maximum absolute atomic E-state index is 11.0. The summed E-state index contributed by atoms with van der Waals surface area (Å²) in [6.45, 7) is 0.236. The van der Waals surface area contributed by atoms with Gasteiger partial charge in [0.25, 0.3) is 5.91 Å². The van der Waals surface area contributed by atoms with Crippen molar-refractivity contribution in [1.29, 1.82) is 0 Å². The number of hydrogen-bond donors (Lipinski definition) is 2. The summed E-state index contributed by atoms with van der Waals surface area (Å²) >= 11 is 0. The third-order valence-corrected chi connectivity index (χ3v) is 1.02. The Hall–Kier alpha value is -0.650. The standard InChI is InChI=1S/C6H15N3O2/c1-9(2)8-6(10)5(7)4-11-3/h5H,4,7H2,1-3H3,(H,8,10). The fraction of sp³-hybridized carbons (Fsp3) is 0.833. The van der Waals surface area contributed by atoms with E-state index in [9.17, 15) is 4.79 Å². The summed E-state index contributed by atoms with van der Waals surface area (Å²) in [4.78, 5) is 11.0. The minimum atomic E-state index is -0.595. The van der Waals surface area contributed by atoms with E-state index in [1.54, 1.807) is 14.1 Å². The summed E-state index contributed by atoms with van der Waals surface area (Å²) < 4.78 is 4.70. The van der Waals surface area contributed by atoms with Crippen LogP contribution in [-0.4, -0.2) is 44.8 Å². The number of nitrogens with one attached hydrogen (secondary N) is 1. The van der Waals surface area contributed by atoms with E-state index >= 15 is 0 Å². The van der Waals surface area contributed by atoms with Crippen LogP contribution < -0.4 is 11.2 Å². The molecule has 1 amide bonds. The first-order valence-electron chi connectivity index (χ1n) is 3.30. The van der Waals surface area contributed by atoms with E-state index in [4.69, 9.17) is 10.5 Å². The zero-order valence-corrected chi connectivity index (χ0v) is 7.13. The predicted molar refractivity (Wildman–Crippen MR) is 41.7 cm³/mol. The molecule has 0 aliphatic rings. The summed E-state index contributed by atoms with van der Waals surface area (Å²) in [5.74, 6) is -0.239. The maximum Gasteiger partial charge on any atom is 0.253 e. The second kappa shape index (κ2) is 5.06. The van der Waals surface area contributed by atoms with Crippen molar-refractivity contribution in [2.45, 2.75) is 6.04 Å². The van der Waals surface area contributed by atoms with Crippen molar-refractivity contribution in [3.63, 3.8) is 0 Å². The van der Waals surface area contributed by atoms with Gasteiger partial charge < -0.3 is 10.5 Å². The molecule has 0 aromatic heterocycles. The average Bonchev–Trinajstić information content (AvgIpc) is 1.86. The van der Waals surface area contributed by atoms with Gasteiger partial charge in [0, 0.05) is 21.2 Å². The number of methoxy groups -OCH3 is 1. The van der Waals surface area contributed by atoms with Crippen molar-refractivity contribution in [1.82, 2.24) is 10.4 Å². The van der Waals surface area contributed by atoms with Gasteiger partial charge in [0.2, 0.25) is 0 Å². The third-order valence-electron chi connectivity index (χ3n) is 1.02. The van der Waals surface area contributed by atoms with Crippen molar-refractivity contribution in [2.24, 2.45) is 5.73 Å². The molecule has 0 radical (unpaired) electrons. The Bertz CT molecular complexity index is 127. The molecule has 0 heterocycles. The molecule has 0 saturated carbocycles. The first kappa shape index (κ1) is 10.3. The Morgan fingerprint density at radius 2 is 2.27 bits per heavy atom. The Balaban J connectivity index is 3.64. The van der Waals surface area contributed by atoms with Crippen LogP contribution in [0.2, 0.25) is 0 Å². The number of amides is 1. The zero-order valence-electron chi connectivity index (χ0n) is 7.13. The van der Waals surface area contributed by atoms with Crippen LogP contribution in [0.25, 0.3) is 0 Å². The molecule has 3 N–H and O–H groups in total. The molecule has 1 unspecified atom stereocenters. The van der Waals surface area contributed by atoms with Gasteiger partial charge in [-0.15, -0.1) is 0 Å². The molecule has 0 aromatic rings. The van der Waals surface area contributed by atoms with Crippen molar-refractivity contribution in [3.05, 3.63) is 0 Å². The molecule has 0 aliphatic heterocycles. The summed E-state index contributed by atoms with van der Waals surface area (Å²) in [6, 6.07) is -0.595. The molecule has 11 heavy (non-hydrogen) atoms. The monoisotopic (exact) mass is 161 g/mol. The highest BCUT2D eigenvalue weighted by Crippen LogP contribution is 1.80. The topological polar surface area (TPSA) is 67.6 Å². The van der Waals surface area contributed by atoms with Gasteiger partial charge in [0.15, 0.2) is 0 Å². The fourth-order valence-electron chi connectivity index (χ4n) is 0.559. The number of rotatable bonds is 4. The maximum atomic E-state index is 11.0. The summed E-state index contributed by atoms with van der Waals surface area (Å²) in [6.07, 6.45) is 0. The molecule has 0 aromatic carbocycles. The summed E-state index contributed by atoms with van der Waals surface area (Å²) in [5.41, 5.74) is 7.93. The lowest BCUT2D eigenvalue weighted by Crippen LogP contribution is -2.48. The van der Waals surface area contributed by atoms with Crippen molar-refractivity contribution in [3.8, 4) is 0 Å². The second-order valence-electron chi connectivity index (χ2n) is 2.43. The highest BCUT2D eigenvalue weighted by Gasteiger charge is 2.12. The Morgan fingerprint density at radius 1 is 1.73 bits per heavy atom. The summed E-state index contributed by atoms with van der Waals surface area (Å²) in [7, 11) is 4.94. The largest absolute Gasteiger partial charge is 0.383 e. The number of nitrogens with two attached hydrogens (primary N) is 1. The lowest BCUT2D eigenvalue weighted by Gasteiger charge is -2.15. The minimum Gasteiger partial charge on any atom is -0.383 e. The van der Waals surface area contributed by atoms with Gasteiger partial charge in [-0.1, -0.05) is 0 Å². The Kier molecular flexibility index (Phi) is 4.76. The van der Waals surface area contributed by atoms with E-state index in [1.165, 1.54) is 12.1 Å². The number of nitrogens with zero attached hydrogens (tertiary/aromatic N) is 1. The molecular formula is C6H15N3O2. The van der Waals surface area contributed by atoms with Crippen molar-refractivity contribution < 1.29 is 9.53 Å². The third kappa shape index (κ3) is 4.72. The molecule has 5 nitrogen and oxygen atoms in total. The van der Waals surface area contributed by atoms with Gasteiger partial charge in [-0.05, 0) is 0 Å². The molecule has 0 saturated heterocycles. The van der Waals surface area contributed by atoms with Gasteiger partial charge in [-0.2, -0.15) is 0 Å². The molecule has 0 spiro atoms. The fourth-order valence-corrected chi connectivity index (χ4v) is 0.559. The highest BCUT2D eigenvalue weighted by atomic mass is 16.5. The van der Waals surface area contributed by atoms with Crippen LogP contribution in [-0.2, 0) is 9.53 Å². The number of hydrazine groups is 1. The highest BCUT2D eigenvalue weighted by molar-refractivity contribution is 5.81. The second-order valence-corrected chi connectivity index (χ2v) is 2.43. The number of carbonyl (C=O) groups excluding carboxylic acids is 1. The first-order chi connectivity index (χ1) is 5.07. The predicted octanol–water partition coefficient (Wildman–Crippen LogP) is -1.45. The minimum absolute atomic E-state index is 0.236. The molecular weight excluding hydrogens is 146 g/mol. The lowest BCUT2D eigenvalue weighted by atomic mass is 10.3. The van der Waals surface area contributed by atoms with E-state index < -0.39 is 6.04 Å². The van der Waals surface area contributed by atoms with Gasteiger partial charge >= 0.3 is 0 Å². The SMILES string of the molecule is COCC(N)C(=O)NN(C)C. The van der Waals surface area contributed by atoms with Crippen LogP contribution >= 0.6 is 0 Å². The van der Waals surface area contributed by atoms with Crippen LogP contribution in [0.3, 0.4) is 0 Å². The van der Waals surface area contributed by atoms with E-state index in [-0.39, 0.29) is 12.5 Å². The van der Waals surface area contributed by atoms with Crippen molar-refractivity contribution in [2.75, 3.05) is 27.8 Å². The molecule has 0 rings (SSSR count). The van der Waals surface area contributed by atoms with Crippen LogP contribution in [0.5, 0.6) is 0 Å². The smallest absolute Gasteiger partial charge is 0.253 e. The van der Waals surface area contributed by atoms with Crippen LogP contribution in [0.4, 0.5) is 0 Å². The quantitative estimate of drug-likeness (QED) is 0.495. The molecule has 5 heteroatoms. The number of hydrogen-bond acceptors (Lipinski definition) is 4. The number of carbonyl (C=O) groups is 1. The zero-order chi connectivity index (χ0) is 8.85. The number of ether oxygens (including phenoxy) is 1. The molecule has 66 valence electrons. The van der Waals surface area contributed by atoms with E-state index in [0.717, 1.165) is 0 Å². The van der Waals surface area contributed by atoms with Gasteiger partial charge in [-0.3, -0.25) is 10.2 Å². The van der Waals surface area contributed by atoms with E-state index in [2.05, 4.69) is 5.43 Å². The van der Waals surface area contributed by atoms with Gasteiger partial charge in [-0.25, -0.2) is 5.01 Å². The van der Waals surface area contributed by atoms with Crippen LogP contribution in [0.15, 0.2) is 0 Å².